The van der Waals surface area contributed by atoms with Crippen molar-refractivity contribution >= 4 is 15.8 Å². The number of hydrogen-bond donors (Lipinski definition) is 2. The van der Waals surface area contributed by atoms with Crippen LogP contribution in [-0.2, 0) is 16.6 Å². The van der Waals surface area contributed by atoms with E-state index < -0.39 is 10.0 Å². The first-order chi connectivity index (χ1) is 12.1. The maximum Gasteiger partial charge on any atom is 0.263 e. The molecule has 0 saturated heterocycles. The SMILES string of the molecule is O=S(=O)(Nc1nn(CCCO)cc1-c1ccccc1)c1ccccc1. The molecule has 6 nitrogen and oxygen atoms in total. The van der Waals surface area contributed by atoms with Gasteiger partial charge in [0.1, 0.15) is 0 Å². The quantitative estimate of drug-likeness (QED) is 0.681. The molecule has 3 rings (SSSR count). The minimum Gasteiger partial charge on any atom is -0.396 e. The van der Waals surface area contributed by atoms with Crippen LogP contribution in [0.25, 0.3) is 11.1 Å². The van der Waals surface area contributed by atoms with Crippen LogP contribution in [0.3, 0.4) is 0 Å². The highest BCUT2D eigenvalue weighted by atomic mass is 32.2. The fourth-order valence-corrected chi connectivity index (χ4v) is 3.50. The molecule has 1 heterocycles. The van der Waals surface area contributed by atoms with Crippen molar-refractivity contribution in [3.8, 4) is 11.1 Å². The molecule has 2 aromatic carbocycles. The van der Waals surface area contributed by atoms with E-state index in [0.717, 1.165) is 5.56 Å². The molecule has 0 atom stereocenters. The molecule has 0 unspecified atom stereocenters. The van der Waals surface area contributed by atoms with E-state index >= 15 is 0 Å². The Labute approximate surface area is 146 Å². The van der Waals surface area contributed by atoms with Crippen molar-refractivity contribution in [3.05, 3.63) is 66.9 Å². The molecule has 0 aliphatic carbocycles. The predicted molar refractivity (Wildman–Crippen MR) is 96.6 cm³/mol. The smallest absolute Gasteiger partial charge is 0.263 e. The van der Waals surface area contributed by atoms with Crippen molar-refractivity contribution in [1.29, 1.82) is 0 Å². The van der Waals surface area contributed by atoms with Crippen molar-refractivity contribution in [2.45, 2.75) is 17.9 Å². The maximum absolute atomic E-state index is 12.6. The molecule has 0 aliphatic heterocycles. The summed E-state index contributed by atoms with van der Waals surface area (Å²) in [5.41, 5.74) is 1.56. The van der Waals surface area contributed by atoms with Crippen molar-refractivity contribution in [2.24, 2.45) is 0 Å². The largest absolute Gasteiger partial charge is 0.396 e. The summed E-state index contributed by atoms with van der Waals surface area (Å²) in [6.07, 6.45) is 2.33. The summed E-state index contributed by atoms with van der Waals surface area (Å²) in [5.74, 6) is 0.271. The van der Waals surface area contributed by atoms with E-state index in [4.69, 9.17) is 5.11 Å². The van der Waals surface area contributed by atoms with E-state index in [9.17, 15) is 8.42 Å². The lowest BCUT2D eigenvalue weighted by atomic mass is 10.1. The normalized spacial score (nSPS) is 11.4. The molecule has 0 saturated carbocycles. The lowest BCUT2D eigenvalue weighted by Gasteiger charge is -2.07. The van der Waals surface area contributed by atoms with Crippen molar-refractivity contribution < 1.29 is 13.5 Å². The average molecular weight is 357 g/mol. The second-order valence-electron chi connectivity index (χ2n) is 5.52. The van der Waals surface area contributed by atoms with Crippen LogP contribution < -0.4 is 4.72 Å². The zero-order valence-corrected chi connectivity index (χ0v) is 14.4. The molecule has 1 aromatic heterocycles. The van der Waals surface area contributed by atoms with E-state index in [0.29, 0.717) is 18.5 Å². The van der Waals surface area contributed by atoms with E-state index in [2.05, 4.69) is 9.82 Å². The Morgan fingerprint density at radius 3 is 2.28 bits per heavy atom. The highest BCUT2D eigenvalue weighted by Crippen LogP contribution is 2.28. The monoisotopic (exact) mass is 357 g/mol. The van der Waals surface area contributed by atoms with Gasteiger partial charge in [0, 0.05) is 24.9 Å². The predicted octanol–water partition coefficient (Wildman–Crippen LogP) is 2.73. The number of aryl methyl sites for hydroxylation is 1. The molecule has 7 heteroatoms. The van der Waals surface area contributed by atoms with Crippen molar-refractivity contribution in [3.63, 3.8) is 0 Å². The lowest BCUT2D eigenvalue weighted by molar-refractivity contribution is 0.277. The van der Waals surface area contributed by atoms with Crippen molar-refractivity contribution in [1.82, 2.24) is 9.78 Å². The van der Waals surface area contributed by atoms with Gasteiger partial charge in [0.2, 0.25) is 0 Å². The fraction of sp³-hybridized carbons (Fsp3) is 0.167. The number of anilines is 1. The van der Waals surface area contributed by atoms with E-state index in [1.54, 1.807) is 29.1 Å². The van der Waals surface area contributed by atoms with Crippen molar-refractivity contribution in [2.75, 3.05) is 11.3 Å². The minimum absolute atomic E-state index is 0.0472. The van der Waals surface area contributed by atoms with Crippen LogP contribution >= 0.6 is 0 Å². The van der Waals surface area contributed by atoms with Crippen LogP contribution in [0.4, 0.5) is 5.82 Å². The first-order valence-corrected chi connectivity index (χ1v) is 9.40. The summed E-state index contributed by atoms with van der Waals surface area (Å²) in [4.78, 5) is 0.180. The molecule has 2 N–H and O–H groups in total. The number of benzene rings is 2. The third-order valence-electron chi connectivity index (χ3n) is 3.68. The second kappa shape index (κ2) is 7.50. The van der Waals surface area contributed by atoms with Gasteiger partial charge in [-0.2, -0.15) is 5.10 Å². The summed E-state index contributed by atoms with van der Waals surface area (Å²) < 4.78 is 29.4. The van der Waals surface area contributed by atoms with Crippen LogP contribution in [0.2, 0.25) is 0 Å². The Balaban J connectivity index is 1.98. The van der Waals surface area contributed by atoms with Gasteiger partial charge in [-0.25, -0.2) is 8.42 Å². The molecular weight excluding hydrogens is 338 g/mol. The Hall–Kier alpha value is -2.64. The van der Waals surface area contributed by atoms with Gasteiger partial charge in [-0.3, -0.25) is 9.40 Å². The van der Waals surface area contributed by atoms with Gasteiger partial charge in [0.15, 0.2) is 5.82 Å². The number of aliphatic hydroxyl groups excluding tert-OH is 1. The van der Waals surface area contributed by atoms with E-state index in [-0.39, 0.29) is 17.3 Å². The van der Waals surface area contributed by atoms with Crippen LogP contribution in [-0.4, -0.2) is 29.9 Å². The Morgan fingerprint density at radius 2 is 1.64 bits per heavy atom. The number of aromatic nitrogens is 2. The fourth-order valence-electron chi connectivity index (χ4n) is 2.46. The molecule has 0 fully saturated rings. The molecule has 0 radical (unpaired) electrons. The Kier molecular flexibility index (Phi) is 5.16. The Bertz CT molecular complexity index is 923. The number of rotatable bonds is 7. The topological polar surface area (TPSA) is 84.2 Å². The number of sulfonamides is 1. The van der Waals surface area contributed by atoms with Gasteiger partial charge < -0.3 is 5.11 Å². The zero-order valence-electron chi connectivity index (χ0n) is 13.5. The van der Waals surface area contributed by atoms with Gasteiger partial charge in [-0.05, 0) is 24.1 Å². The number of nitrogens with one attached hydrogen (secondary N) is 1. The lowest BCUT2D eigenvalue weighted by Crippen LogP contribution is -2.14. The highest BCUT2D eigenvalue weighted by Gasteiger charge is 2.19. The minimum atomic E-state index is -3.73. The van der Waals surface area contributed by atoms with Gasteiger partial charge in [-0.15, -0.1) is 0 Å². The molecule has 0 bridgehead atoms. The molecule has 3 aromatic rings. The number of aliphatic hydroxyl groups is 1. The van der Waals surface area contributed by atoms with Crippen LogP contribution in [0.1, 0.15) is 6.42 Å². The van der Waals surface area contributed by atoms with Crippen LogP contribution in [0, 0.1) is 0 Å². The summed E-state index contributed by atoms with van der Waals surface area (Å²) in [5, 5.41) is 13.4. The van der Waals surface area contributed by atoms with Crippen LogP contribution in [0.15, 0.2) is 71.8 Å². The Morgan fingerprint density at radius 1 is 1.00 bits per heavy atom. The zero-order chi connectivity index (χ0) is 17.7. The summed E-state index contributed by atoms with van der Waals surface area (Å²) >= 11 is 0. The van der Waals surface area contributed by atoms with Crippen LogP contribution in [0.5, 0.6) is 0 Å². The third-order valence-corrected chi connectivity index (χ3v) is 5.03. The summed E-state index contributed by atoms with van der Waals surface area (Å²) in [7, 11) is -3.73. The van der Waals surface area contributed by atoms with E-state index in [1.807, 2.05) is 30.3 Å². The average Bonchev–Trinajstić information content (AvgIpc) is 3.03. The molecule has 0 amide bonds. The van der Waals surface area contributed by atoms with Gasteiger partial charge in [0.25, 0.3) is 10.0 Å². The number of nitrogens with zero attached hydrogens (tertiary/aromatic N) is 2. The highest BCUT2D eigenvalue weighted by molar-refractivity contribution is 7.92. The van der Waals surface area contributed by atoms with Gasteiger partial charge in [0.05, 0.1) is 4.90 Å². The second-order valence-corrected chi connectivity index (χ2v) is 7.20. The number of hydrogen-bond acceptors (Lipinski definition) is 4. The molecule has 0 aliphatic rings. The molecular formula is C18H19N3O3S. The van der Waals surface area contributed by atoms with E-state index in [1.165, 1.54) is 12.1 Å². The molecule has 25 heavy (non-hydrogen) atoms. The standard InChI is InChI=1S/C18H19N3O3S/c22-13-7-12-21-14-17(15-8-3-1-4-9-15)18(19-21)20-25(23,24)16-10-5-2-6-11-16/h1-6,8-11,14,22H,7,12-13H2,(H,19,20). The molecule has 130 valence electrons. The van der Waals surface area contributed by atoms with Gasteiger partial charge in [-0.1, -0.05) is 48.5 Å². The maximum atomic E-state index is 12.6. The first kappa shape index (κ1) is 17.2. The first-order valence-electron chi connectivity index (χ1n) is 7.92. The molecule has 0 spiro atoms. The third kappa shape index (κ3) is 4.07. The summed E-state index contributed by atoms with van der Waals surface area (Å²) in [6, 6.07) is 17.6. The summed E-state index contributed by atoms with van der Waals surface area (Å²) in [6.45, 7) is 0.551. The van der Waals surface area contributed by atoms with Gasteiger partial charge >= 0.3 is 0 Å².